The lowest BCUT2D eigenvalue weighted by molar-refractivity contribution is 0.0975. The lowest BCUT2D eigenvalue weighted by Gasteiger charge is -2.11. The number of rotatable bonds is 5. The maximum Gasteiger partial charge on any atom is 0.257 e. The van der Waals surface area contributed by atoms with Gasteiger partial charge in [-0.2, -0.15) is 0 Å². The summed E-state index contributed by atoms with van der Waals surface area (Å²) in [6.45, 7) is 3.92. The van der Waals surface area contributed by atoms with Crippen LogP contribution in [-0.4, -0.2) is 23.4 Å². The van der Waals surface area contributed by atoms with E-state index in [1.165, 1.54) is 6.92 Å². The monoisotopic (exact) mass is 420 g/mol. The second-order valence-electron chi connectivity index (χ2n) is 5.12. The molecule has 0 bridgehead atoms. The van der Waals surface area contributed by atoms with Crippen LogP contribution in [0, 0.1) is 0 Å². The van der Waals surface area contributed by atoms with Crippen LogP contribution >= 0.6 is 28.1 Å². The molecule has 0 atom stereocenters. The molecule has 7 heteroatoms. The van der Waals surface area contributed by atoms with Crippen LogP contribution in [0.5, 0.6) is 5.75 Å². The average molecular weight is 421 g/mol. The van der Waals surface area contributed by atoms with Crippen molar-refractivity contribution in [3.05, 3.63) is 58.1 Å². The van der Waals surface area contributed by atoms with Crippen LogP contribution < -0.4 is 15.4 Å². The first-order valence-electron chi connectivity index (χ1n) is 7.56. The second-order valence-corrected chi connectivity index (χ2v) is 6.39. The van der Waals surface area contributed by atoms with Gasteiger partial charge in [-0.25, -0.2) is 0 Å². The summed E-state index contributed by atoms with van der Waals surface area (Å²) in [6, 6.07) is 11.9. The molecule has 2 aromatic rings. The van der Waals surface area contributed by atoms with Gasteiger partial charge in [-0.05, 0) is 72.3 Å². The Kier molecular flexibility index (Phi) is 6.66. The molecule has 1 amide bonds. The summed E-state index contributed by atoms with van der Waals surface area (Å²) < 4.78 is 6.11. The molecule has 2 N–H and O–H groups in total. The number of anilines is 1. The van der Waals surface area contributed by atoms with E-state index in [1.807, 2.05) is 6.92 Å². The number of carbonyl (C=O) groups excluding carboxylic acids is 2. The van der Waals surface area contributed by atoms with Crippen molar-refractivity contribution in [1.82, 2.24) is 5.32 Å². The van der Waals surface area contributed by atoms with Crippen LogP contribution in [0.4, 0.5) is 5.69 Å². The van der Waals surface area contributed by atoms with Gasteiger partial charge >= 0.3 is 0 Å². The standard InChI is InChI=1S/C18H17BrN2O3S/c1-3-24-16-8-7-13(10-15(16)19)17(23)21-18(25)20-14-6-4-5-12(9-14)11(2)22/h4-10H,3H2,1-2H3,(H2,20,21,23,25). The molecule has 2 rings (SSSR count). The van der Waals surface area contributed by atoms with E-state index in [0.29, 0.717) is 33.6 Å². The van der Waals surface area contributed by atoms with Gasteiger partial charge < -0.3 is 10.1 Å². The van der Waals surface area contributed by atoms with Gasteiger partial charge in [0.2, 0.25) is 0 Å². The highest BCUT2D eigenvalue weighted by molar-refractivity contribution is 9.10. The number of hydrogen-bond donors (Lipinski definition) is 2. The van der Waals surface area contributed by atoms with Gasteiger partial charge in [0.05, 0.1) is 11.1 Å². The van der Waals surface area contributed by atoms with Crippen molar-refractivity contribution in [3.8, 4) is 5.75 Å². The summed E-state index contributed by atoms with van der Waals surface area (Å²) >= 11 is 8.53. The smallest absolute Gasteiger partial charge is 0.257 e. The molecule has 0 radical (unpaired) electrons. The van der Waals surface area contributed by atoms with E-state index in [1.54, 1.807) is 42.5 Å². The van der Waals surface area contributed by atoms with Gasteiger partial charge in [0.15, 0.2) is 10.9 Å². The maximum atomic E-state index is 12.3. The van der Waals surface area contributed by atoms with E-state index < -0.39 is 0 Å². The van der Waals surface area contributed by atoms with E-state index >= 15 is 0 Å². The minimum absolute atomic E-state index is 0.0437. The van der Waals surface area contributed by atoms with Crippen molar-refractivity contribution in [1.29, 1.82) is 0 Å². The molecule has 25 heavy (non-hydrogen) atoms. The van der Waals surface area contributed by atoms with Crippen molar-refractivity contribution < 1.29 is 14.3 Å². The number of amides is 1. The van der Waals surface area contributed by atoms with E-state index in [4.69, 9.17) is 17.0 Å². The van der Waals surface area contributed by atoms with E-state index in [9.17, 15) is 9.59 Å². The molecule has 130 valence electrons. The molecule has 0 unspecified atom stereocenters. The van der Waals surface area contributed by atoms with Gasteiger partial charge in [0.25, 0.3) is 5.91 Å². The van der Waals surface area contributed by atoms with Crippen molar-refractivity contribution >= 4 is 50.6 Å². The zero-order valence-electron chi connectivity index (χ0n) is 13.8. The first-order valence-corrected chi connectivity index (χ1v) is 8.76. The number of ketones is 1. The number of benzene rings is 2. The minimum Gasteiger partial charge on any atom is -0.493 e. The number of Topliss-reactive ketones (excluding diaryl/α,β-unsaturated/α-hetero) is 1. The summed E-state index contributed by atoms with van der Waals surface area (Å²) in [5.74, 6) is 0.280. The minimum atomic E-state index is -0.344. The van der Waals surface area contributed by atoms with Crippen molar-refractivity contribution in [2.45, 2.75) is 13.8 Å². The Morgan fingerprint density at radius 2 is 1.92 bits per heavy atom. The third-order valence-corrected chi connectivity index (χ3v) is 4.07. The Morgan fingerprint density at radius 3 is 2.56 bits per heavy atom. The fraction of sp³-hybridized carbons (Fsp3) is 0.167. The third kappa shape index (κ3) is 5.37. The van der Waals surface area contributed by atoms with Gasteiger partial charge in [-0.1, -0.05) is 12.1 Å². The fourth-order valence-corrected chi connectivity index (χ4v) is 2.77. The van der Waals surface area contributed by atoms with E-state index in [2.05, 4.69) is 26.6 Å². The molecule has 0 spiro atoms. The molecule has 0 aliphatic heterocycles. The molecule has 2 aromatic carbocycles. The number of ether oxygens (including phenoxy) is 1. The van der Waals surface area contributed by atoms with Crippen LogP contribution in [-0.2, 0) is 0 Å². The summed E-state index contributed by atoms with van der Waals surface area (Å²) in [6.07, 6.45) is 0. The van der Waals surface area contributed by atoms with Crippen LogP contribution in [0.3, 0.4) is 0 Å². The lowest BCUT2D eigenvalue weighted by Crippen LogP contribution is -2.34. The van der Waals surface area contributed by atoms with Gasteiger partial charge in [0, 0.05) is 16.8 Å². The molecule has 0 fully saturated rings. The third-order valence-electron chi connectivity index (χ3n) is 3.25. The second kappa shape index (κ2) is 8.73. The zero-order chi connectivity index (χ0) is 18.4. The van der Waals surface area contributed by atoms with Crippen LogP contribution in [0.1, 0.15) is 34.6 Å². The predicted molar refractivity (Wildman–Crippen MR) is 105 cm³/mol. The quantitative estimate of drug-likeness (QED) is 0.560. The molecule has 0 aromatic heterocycles. The van der Waals surface area contributed by atoms with Crippen molar-refractivity contribution in [3.63, 3.8) is 0 Å². The van der Waals surface area contributed by atoms with Gasteiger partial charge in [-0.15, -0.1) is 0 Å². The molecule has 0 saturated heterocycles. The summed E-state index contributed by atoms with van der Waals surface area (Å²) in [5, 5.41) is 5.65. The lowest BCUT2D eigenvalue weighted by atomic mass is 10.1. The first kappa shape index (κ1) is 19.1. The Balaban J connectivity index is 2.03. The highest BCUT2D eigenvalue weighted by atomic mass is 79.9. The largest absolute Gasteiger partial charge is 0.493 e. The summed E-state index contributed by atoms with van der Waals surface area (Å²) in [4.78, 5) is 23.7. The Bertz CT molecular complexity index is 824. The Labute approximate surface area is 159 Å². The predicted octanol–water partition coefficient (Wildman–Crippen LogP) is 4.18. The number of thiocarbonyl (C=S) groups is 1. The maximum absolute atomic E-state index is 12.3. The molecule has 0 aliphatic rings. The van der Waals surface area contributed by atoms with E-state index in [0.717, 1.165) is 0 Å². The normalized spacial score (nSPS) is 10.0. The fourth-order valence-electron chi connectivity index (χ4n) is 2.07. The number of halogens is 1. The first-order chi connectivity index (χ1) is 11.9. The Morgan fingerprint density at radius 1 is 1.16 bits per heavy atom. The van der Waals surface area contributed by atoms with Gasteiger partial charge in [0.1, 0.15) is 5.75 Å². The van der Waals surface area contributed by atoms with Crippen molar-refractivity contribution in [2.75, 3.05) is 11.9 Å². The topological polar surface area (TPSA) is 67.4 Å². The van der Waals surface area contributed by atoms with Crippen LogP contribution in [0.25, 0.3) is 0 Å². The molecular formula is C18H17BrN2O3S. The number of hydrogen-bond acceptors (Lipinski definition) is 4. The molecule has 5 nitrogen and oxygen atoms in total. The molecule has 0 saturated carbocycles. The molecule has 0 aliphatic carbocycles. The highest BCUT2D eigenvalue weighted by Crippen LogP contribution is 2.26. The highest BCUT2D eigenvalue weighted by Gasteiger charge is 2.11. The summed E-state index contributed by atoms with van der Waals surface area (Å²) in [5.41, 5.74) is 1.64. The SMILES string of the molecule is CCOc1ccc(C(=O)NC(=S)Nc2cccc(C(C)=O)c2)cc1Br. The number of carbonyl (C=O) groups is 2. The van der Waals surface area contributed by atoms with Crippen molar-refractivity contribution in [2.24, 2.45) is 0 Å². The molecule has 0 heterocycles. The number of nitrogens with one attached hydrogen (secondary N) is 2. The summed E-state index contributed by atoms with van der Waals surface area (Å²) in [7, 11) is 0. The van der Waals surface area contributed by atoms with E-state index in [-0.39, 0.29) is 16.8 Å². The average Bonchev–Trinajstić information content (AvgIpc) is 2.56. The van der Waals surface area contributed by atoms with Crippen LogP contribution in [0.2, 0.25) is 0 Å². The molecular weight excluding hydrogens is 404 g/mol. The van der Waals surface area contributed by atoms with Crippen LogP contribution in [0.15, 0.2) is 46.9 Å². The zero-order valence-corrected chi connectivity index (χ0v) is 16.2. The van der Waals surface area contributed by atoms with Gasteiger partial charge in [-0.3, -0.25) is 14.9 Å². The Hall–Kier alpha value is -2.25.